The van der Waals surface area contributed by atoms with E-state index < -0.39 is 0 Å². The molecule has 1 N–H and O–H groups in total. The number of hydrogen-bond donors (Lipinski definition) is 1. The van der Waals surface area contributed by atoms with Gasteiger partial charge in [0.1, 0.15) is 11.5 Å². The molecule has 4 aromatic rings. The Hall–Kier alpha value is -3.52. The second kappa shape index (κ2) is 7.38. The maximum absolute atomic E-state index is 13.1. The van der Waals surface area contributed by atoms with Crippen LogP contribution in [0.2, 0.25) is 5.02 Å². The summed E-state index contributed by atoms with van der Waals surface area (Å²) in [6.45, 7) is 0.946. The summed E-state index contributed by atoms with van der Waals surface area (Å²) in [6.07, 6.45) is 0. The normalized spacial score (nSPS) is 14.0. The lowest BCUT2D eigenvalue weighted by molar-refractivity contribution is 0.0563. The highest BCUT2D eigenvalue weighted by molar-refractivity contribution is 6.30. The second-order valence-corrected chi connectivity index (χ2v) is 7.48. The summed E-state index contributed by atoms with van der Waals surface area (Å²) in [5.41, 5.74) is 2.46. The number of carbonyl (C=O) groups is 1. The molecule has 1 fully saturated rings. The molecule has 1 aliphatic rings. The van der Waals surface area contributed by atoms with E-state index in [1.807, 2.05) is 12.1 Å². The summed E-state index contributed by atoms with van der Waals surface area (Å²) in [4.78, 5) is 18.8. The Morgan fingerprint density at radius 2 is 1.93 bits per heavy atom. The van der Waals surface area contributed by atoms with Crippen molar-refractivity contribution in [2.75, 3.05) is 13.1 Å². The highest BCUT2D eigenvalue weighted by Gasteiger charge is 2.36. The van der Waals surface area contributed by atoms with Crippen LogP contribution in [0.15, 0.2) is 59.1 Å². The predicted octanol–water partition coefficient (Wildman–Crippen LogP) is 4.16. The van der Waals surface area contributed by atoms with Crippen molar-refractivity contribution >= 4 is 17.5 Å². The molecule has 3 heterocycles. The van der Waals surface area contributed by atoms with Gasteiger partial charge in [0.2, 0.25) is 11.7 Å². The summed E-state index contributed by atoms with van der Waals surface area (Å²) in [5, 5.41) is 11.5. The minimum Gasteiger partial charge on any atom is -0.339 e. The van der Waals surface area contributed by atoms with Crippen molar-refractivity contribution in [1.29, 1.82) is 0 Å². The van der Waals surface area contributed by atoms with Gasteiger partial charge in [-0.15, -0.1) is 0 Å². The zero-order chi connectivity index (χ0) is 20.7. The molecule has 0 saturated carbocycles. The Bertz CT molecular complexity index is 1210. The van der Waals surface area contributed by atoms with Crippen LogP contribution in [-0.4, -0.2) is 44.2 Å². The van der Waals surface area contributed by atoms with E-state index in [0.29, 0.717) is 41.2 Å². The van der Waals surface area contributed by atoms with E-state index in [1.165, 1.54) is 12.1 Å². The fourth-order valence-electron chi connectivity index (χ4n) is 3.32. The number of aromatic amines is 1. The van der Waals surface area contributed by atoms with Gasteiger partial charge >= 0.3 is 0 Å². The lowest BCUT2D eigenvalue weighted by Crippen LogP contribution is -2.48. The van der Waals surface area contributed by atoms with Gasteiger partial charge in [0.05, 0.1) is 11.6 Å². The maximum Gasteiger partial charge on any atom is 0.271 e. The van der Waals surface area contributed by atoms with Crippen molar-refractivity contribution in [3.63, 3.8) is 0 Å². The zero-order valence-electron chi connectivity index (χ0n) is 15.5. The van der Waals surface area contributed by atoms with Crippen LogP contribution in [0.5, 0.6) is 0 Å². The van der Waals surface area contributed by atoms with Crippen LogP contribution in [-0.2, 0) is 0 Å². The maximum atomic E-state index is 13.1. The fraction of sp³-hybridized carbons (Fsp3) is 0.143. The number of likely N-dealkylation sites (tertiary alicyclic amines) is 1. The molecule has 1 amide bonds. The predicted molar refractivity (Wildman–Crippen MR) is 107 cm³/mol. The molecule has 2 aromatic heterocycles. The van der Waals surface area contributed by atoms with Gasteiger partial charge in [0, 0.05) is 29.2 Å². The smallest absolute Gasteiger partial charge is 0.271 e. The van der Waals surface area contributed by atoms with Gasteiger partial charge < -0.3 is 9.42 Å². The first-order chi connectivity index (χ1) is 14.6. The second-order valence-electron chi connectivity index (χ2n) is 7.05. The first kappa shape index (κ1) is 18.5. The molecule has 0 bridgehead atoms. The number of nitrogens with zero attached hydrogens (tertiary/aromatic N) is 4. The van der Waals surface area contributed by atoms with Crippen molar-refractivity contribution < 1.29 is 13.7 Å². The molecular weight excluding hydrogens is 409 g/mol. The zero-order valence-corrected chi connectivity index (χ0v) is 16.3. The van der Waals surface area contributed by atoms with Crippen molar-refractivity contribution in [1.82, 2.24) is 25.2 Å². The van der Waals surface area contributed by atoms with Crippen LogP contribution in [0, 0.1) is 5.82 Å². The van der Waals surface area contributed by atoms with E-state index in [2.05, 4.69) is 20.3 Å². The third-order valence-electron chi connectivity index (χ3n) is 4.99. The van der Waals surface area contributed by atoms with Crippen molar-refractivity contribution in [2.24, 2.45) is 0 Å². The molecule has 0 radical (unpaired) electrons. The standard InChI is InChI=1S/C21H15ClFN5O2/c22-15-3-1-2-13(8-15)19-24-20(30-27-19)14-10-28(11-14)21(29)18-9-17(25-26-18)12-4-6-16(23)7-5-12/h1-9,14H,10-11H2,(H,25,26). The quantitative estimate of drug-likeness (QED) is 0.532. The summed E-state index contributed by atoms with van der Waals surface area (Å²) < 4.78 is 18.5. The molecule has 0 atom stereocenters. The first-order valence-electron chi connectivity index (χ1n) is 9.27. The number of rotatable bonds is 4. The van der Waals surface area contributed by atoms with E-state index in [9.17, 15) is 9.18 Å². The largest absolute Gasteiger partial charge is 0.339 e. The minimum absolute atomic E-state index is 0.0196. The first-order valence-corrected chi connectivity index (χ1v) is 9.65. The lowest BCUT2D eigenvalue weighted by Gasteiger charge is -2.36. The molecule has 1 aliphatic heterocycles. The number of hydrogen-bond acceptors (Lipinski definition) is 5. The highest BCUT2D eigenvalue weighted by Crippen LogP contribution is 2.29. The SMILES string of the molecule is O=C(c1cc(-c2ccc(F)cc2)n[nH]1)N1CC(c2nc(-c3cccc(Cl)c3)no2)C1. The van der Waals surface area contributed by atoms with Gasteiger partial charge in [-0.05, 0) is 42.5 Å². The Morgan fingerprint density at radius 3 is 2.70 bits per heavy atom. The summed E-state index contributed by atoms with van der Waals surface area (Å²) in [7, 11) is 0. The average molecular weight is 424 g/mol. The molecule has 0 unspecified atom stereocenters. The highest BCUT2D eigenvalue weighted by atomic mass is 35.5. The average Bonchev–Trinajstić information content (AvgIpc) is 3.38. The van der Waals surface area contributed by atoms with Crippen LogP contribution in [0.1, 0.15) is 22.3 Å². The van der Waals surface area contributed by atoms with Gasteiger partial charge in [-0.3, -0.25) is 9.89 Å². The lowest BCUT2D eigenvalue weighted by atomic mass is 9.99. The molecule has 5 rings (SSSR count). The molecule has 2 aromatic carbocycles. The number of benzene rings is 2. The molecule has 30 heavy (non-hydrogen) atoms. The van der Waals surface area contributed by atoms with Gasteiger partial charge in [0.25, 0.3) is 5.91 Å². The third-order valence-corrected chi connectivity index (χ3v) is 5.23. The fourth-order valence-corrected chi connectivity index (χ4v) is 3.51. The molecule has 0 aliphatic carbocycles. The summed E-state index contributed by atoms with van der Waals surface area (Å²) >= 11 is 6.01. The number of amides is 1. The van der Waals surface area contributed by atoms with E-state index in [1.54, 1.807) is 35.2 Å². The number of nitrogens with one attached hydrogen (secondary N) is 1. The number of H-pyrrole nitrogens is 1. The van der Waals surface area contributed by atoms with Crippen LogP contribution in [0.3, 0.4) is 0 Å². The molecule has 1 saturated heterocycles. The van der Waals surface area contributed by atoms with Crippen LogP contribution in [0.25, 0.3) is 22.6 Å². The Kier molecular flexibility index (Phi) is 4.55. The third kappa shape index (κ3) is 3.46. The molecule has 7 nitrogen and oxygen atoms in total. The monoisotopic (exact) mass is 423 g/mol. The number of carbonyl (C=O) groups excluding carboxylic acids is 1. The Balaban J connectivity index is 1.24. The molecular formula is C21H15ClFN5O2. The van der Waals surface area contributed by atoms with Gasteiger partial charge in [-0.1, -0.05) is 28.9 Å². The van der Waals surface area contributed by atoms with Crippen LogP contribution in [0.4, 0.5) is 4.39 Å². The van der Waals surface area contributed by atoms with Crippen LogP contribution >= 0.6 is 11.6 Å². The molecule has 9 heteroatoms. The van der Waals surface area contributed by atoms with Crippen molar-refractivity contribution in [3.8, 4) is 22.6 Å². The van der Waals surface area contributed by atoms with E-state index in [0.717, 1.165) is 11.1 Å². The van der Waals surface area contributed by atoms with Gasteiger partial charge in [-0.25, -0.2) is 4.39 Å². The van der Waals surface area contributed by atoms with E-state index >= 15 is 0 Å². The Morgan fingerprint density at radius 1 is 1.13 bits per heavy atom. The topological polar surface area (TPSA) is 87.9 Å². The van der Waals surface area contributed by atoms with Crippen molar-refractivity contribution in [2.45, 2.75) is 5.92 Å². The summed E-state index contributed by atoms with van der Waals surface area (Å²) in [5.74, 6) is 0.452. The molecule has 150 valence electrons. The van der Waals surface area contributed by atoms with Crippen molar-refractivity contribution in [3.05, 3.63) is 77.0 Å². The minimum atomic E-state index is -0.322. The van der Waals surface area contributed by atoms with E-state index in [-0.39, 0.29) is 17.6 Å². The van der Waals surface area contributed by atoms with Crippen LogP contribution < -0.4 is 0 Å². The summed E-state index contributed by atoms with van der Waals surface area (Å²) in [6, 6.07) is 14.8. The van der Waals surface area contributed by atoms with Gasteiger partial charge in [0.15, 0.2) is 0 Å². The number of aromatic nitrogens is 4. The number of halogens is 2. The van der Waals surface area contributed by atoms with E-state index in [4.69, 9.17) is 16.1 Å². The molecule has 0 spiro atoms. The Labute approximate surface area is 175 Å². The van der Waals surface area contributed by atoms with Gasteiger partial charge in [-0.2, -0.15) is 10.1 Å².